The highest BCUT2D eigenvalue weighted by atomic mass is 32.2. The molecule has 40 heavy (non-hydrogen) atoms. The number of ether oxygens (including phenoxy) is 3. The van der Waals surface area contributed by atoms with Gasteiger partial charge in [-0.15, -0.1) is 0 Å². The first-order chi connectivity index (χ1) is 19.2. The molecule has 0 radical (unpaired) electrons. The molecule has 0 bridgehead atoms. The van der Waals surface area contributed by atoms with Crippen molar-refractivity contribution in [2.75, 3.05) is 53.3 Å². The van der Waals surface area contributed by atoms with E-state index in [0.717, 1.165) is 24.0 Å². The number of methoxy groups -OCH3 is 3. The maximum absolute atomic E-state index is 13.1. The summed E-state index contributed by atoms with van der Waals surface area (Å²) in [6.45, 7) is 3.17. The van der Waals surface area contributed by atoms with Crippen LogP contribution in [0.4, 0.5) is 0 Å². The number of amides is 1. The monoisotopic (exact) mass is 572 g/mol. The zero-order valence-corrected chi connectivity index (χ0v) is 24.5. The van der Waals surface area contributed by atoms with E-state index in [4.69, 9.17) is 14.2 Å². The summed E-state index contributed by atoms with van der Waals surface area (Å²) in [4.78, 5) is 14.7. The summed E-state index contributed by atoms with van der Waals surface area (Å²) in [7, 11) is 1.19. The number of aromatic hydroxyl groups is 1. The molecule has 1 fully saturated rings. The molecule has 0 aliphatic carbocycles. The average Bonchev–Trinajstić information content (AvgIpc) is 2.97. The number of nitrogens with zero attached hydrogens (tertiary/aromatic N) is 2. The van der Waals surface area contributed by atoms with E-state index in [2.05, 4.69) is 6.92 Å². The fourth-order valence-electron chi connectivity index (χ4n) is 4.48. The smallest absolute Gasteiger partial charge is 0.246 e. The van der Waals surface area contributed by atoms with Crippen molar-refractivity contribution >= 4 is 34.2 Å². The molecule has 1 saturated heterocycles. The molecular weight excluding hydrogens is 532 g/mol. The number of unbranched alkanes of at least 4 members (excludes halogenated alkanes) is 1. The van der Waals surface area contributed by atoms with Crippen LogP contribution in [0, 0.1) is 0 Å². The first-order valence-electron chi connectivity index (χ1n) is 13.4. The third-order valence-electron chi connectivity index (χ3n) is 6.90. The molecule has 1 atom stereocenters. The minimum Gasteiger partial charge on any atom is -0.508 e. The van der Waals surface area contributed by atoms with E-state index in [-0.39, 0.29) is 36.6 Å². The van der Waals surface area contributed by atoms with Crippen LogP contribution in [0.1, 0.15) is 42.9 Å². The van der Waals surface area contributed by atoms with E-state index in [1.165, 1.54) is 10.4 Å². The van der Waals surface area contributed by atoms with E-state index in [9.17, 15) is 18.3 Å². The van der Waals surface area contributed by atoms with Crippen LogP contribution in [0.25, 0.3) is 18.2 Å². The molecular formula is C30H40N2O7S. The topological polar surface area (TPSA) is 106 Å². The largest absolute Gasteiger partial charge is 0.508 e. The van der Waals surface area contributed by atoms with Crippen molar-refractivity contribution in [3.8, 4) is 17.2 Å². The average molecular weight is 573 g/mol. The second-order valence-electron chi connectivity index (χ2n) is 9.59. The van der Waals surface area contributed by atoms with Crippen molar-refractivity contribution in [2.45, 2.75) is 32.3 Å². The highest BCUT2D eigenvalue weighted by Crippen LogP contribution is 2.31. The molecule has 1 amide bonds. The van der Waals surface area contributed by atoms with E-state index in [1.54, 1.807) is 62.6 Å². The summed E-state index contributed by atoms with van der Waals surface area (Å²) in [5.74, 6) is 1.08. The number of piperazine rings is 1. The first-order valence-corrected chi connectivity index (χ1v) is 15.0. The van der Waals surface area contributed by atoms with Gasteiger partial charge < -0.3 is 24.2 Å². The molecule has 2 aromatic rings. The van der Waals surface area contributed by atoms with Crippen molar-refractivity contribution in [2.24, 2.45) is 0 Å². The van der Waals surface area contributed by atoms with Crippen LogP contribution >= 0.6 is 0 Å². The second kappa shape index (κ2) is 14.9. The SMILES string of the molecule is CCCCC(CS(=O)(=O)N1CCN(C(=O)C=Cc2c(C=Cc3ccc(O)cc3)cc(OC)cc2OC)CC1)OC. The van der Waals surface area contributed by atoms with Crippen molar-refractivity contribution in [3.05, 3.63) is 59.2 Å². The van der Waals surface area contributed by atoms with Gasteiger partial charge in [0, 0.05) is 51.0 Å². The number of sulfonamides is 1. The van der Waals surface area contributed by atoms with Crippen LogP contribution in [-0.4, -0.2) is 88.0 Å². The number of carbonyl (C=O) groups excluding carboxylic acids is 1. The van der Waals surface area contributed by atoms with Gasteiger partial charge in [-0.3, -0.25) is 4.79 Å². The van der Waals surface area contributed by atoms with Gasteiger partial charge in [-0.2, -0.15) is 4.31 Å². The molecule has 1 aliphatic heterocycles. The van der Waals surface area contributed by atoms with E-state index >= 15 is 0 Å². The summed E-state index contributed by atoms with van der Waals surface area (Å²) in [5.41, 5.74) is 2.37. The zero-order chi connectivity index (χ0) is 29.1. The maximum Gasteiger partial charge on any atom is 0.246 e. The van der Waals surface area contributed by atoms with Gasteiger partial charge in [0.15, 0.2) is 0 Å². The maximum atomic E-state index is 13.1. The highest BCUT2D eigenvalue weighted by Gasteiger charge is 2.30. The van der Waals surface area contributed by atoms with E-state index in [0.29, 0.717) is 36.6 Å². The molecule has 10 heteroatoms. The highest BCUT2D eigenvalue weighted by molar-refractivity contribution is 7.89. The molecule has 0 spiro atoms. The Morgan fingerprint density at radius 3 is 2.30 bits per heavy atom. The molecule has 1 aliphatic rings. The lowest BCUT2D eigenvalue weighted by molar-refractivity contribution is -0.127. The summed E-state index contributed by atoms with van der Waals surface area (Å²) in [6, 6.07) is 10.4. The van der Waals surface area contributed by atoms with Gasteiger partial charge in [-0.05, 0) is 41.8 Å². The Morgan fingerprint density at radius 1 is 1.00 bits per heavy atom. The van der Waals surface area contributed by atoms with Gasteiger partial charge in [-0.25, -0.2) is 8.42 Å². The predicted octanol–water partition coefficient (Wildman–Crippen LogP) is 4.27. The fraction of sp³-hybridized carbons (Fsp3) is 0.433. The minimum atomic E-state index is -3.48. The normalized spacial score (nSPS) is 15.6. The predicted molar refractivity (Wildman–Crippen MR) is 158 cm³/mol. The second-order valence-corrected chi connectivity index (χ2v) is 11.6. The number of carbonyl (C=O) groups is 1. The molecule has 1 N–H and O–H groups in total. The van der Waals surface area contributed by atoms with Gasteiger partial charge in [-0.1, -0.05) is 44.1 Å². The van der Waals surface area contributed by atoms with Gasteiger partial charge in [0.05, 0.1) is 26.1 Å². The first kappa shape index (κ1) is 31.2. The lowest BCUT2D eigenvalue weighted by Gasteiger charge is -2.34. The molecule has 9 nitrogen and oxygen atoms in total. The van der Waals surface area contributed by atoms with Gasteiger partial charge in [0.1, 0.15) is 17.2 Å². The quantitative estimate of drug-likeness (QED) is 0.282. The summed E-state index contributed by atoms with van der Waals surface area (Å²) in [6.07, 6.45) is 9.24. The zero-order valence-electron chi connectivity index (χ0n) is 23.7. The molecule has 0 saturated carbocycles. The Morgan fingerprint density at radius 2 is 1.70 bits per heavy atom. The van der Waals surface area contributed by atoms with Gasteiger partial charge >= 0.3 is 0 Å². The number of hydrogen-bond donors (Lipinski definition) is 1. The Bertz CT molecular complexity index is 1280. The molecule has 1 heterocycles. The number of benzene rings is 2. The summed E-state index contributed by atoms with van der Waals surface area (Å²) >= 11 is 0. The molecule has 0 aromatic heterocycles. The van der Waals surface area contributed by atoms with Crippen molar-refractivity contribution in [1.82, 2.24) is 9.21 Å². The lowest BCUT2D eigenvalue weighted by atomic mass is 10.0. The van der Waals surface area contributed by atoms with Crippen molar-refractivity contribution < 1.29 is 32.5 Å². The third-order valence-corrected chi connectivity index (χ3v) is 8.84. The summed E-state index contributed by atoms with van der Waals surface area (Å²) in [5, 5.41) is 9.54. The lowest BCUT2D eigenvalue weighted by Crippen LogP contribution is -2.51. The fourth-order valence-corrected chi connectivity index (χ4v) is 6.19. The van der Waals surface area contributed by atoms with Gasteiger partial charge in [0.25, 0.3) is 0 Å². The van der Waals surface area contributed by atoms with Crippen molar-refractivity contribution in [3.63, 3.8) is 0 Å². The Kier molecular flexibility index (Phi) is 11.6. The Balaban J connectivity index is 1.71. The number of phenols is 1. The van der Waals surface area contributed by atoms with E-state index < -0.39 is 10.0 Å². The van der Waals surface area contributed by atoms with Crippen LogP contribution in [-0.2, 0) is 19.6 Å². The van der Waals surface area contributed by atoms with Crippen LogP contribution in [0.5, 0.6) is 17.2 Å². The van der Waals surface area contributed by atoms with Crippen molar-refractivity contribution in [1.29, 1.82) is 0 Å². The molecule has 2 aromatic carbocycles. The Hall–Kier alpha value is -3.34. The molecule has 1 unspecified atom stereocenters. The third kappa shape index (κ3) is 8.58. The molecule has 3 rings (SSSR count). The molecule has 218 valence electrons. The number of rotatable bonds is 13. The Labute approximate surface area is 237 Å². The number of hydrogen-bond acceptors (Lipinski definition) is 7. The van der Waals surface area contributed by atoms with Crippen LogP contribution < -0.4 is 9.47 Å². The standard InChI is InChI=1S/C30H40N2O7S/c1-5-6-7-26(37-2)22-40(35,36)32-18-16-31(17-19-32)30(34)15-14-28-24(20-27(38-3)21-29(28)39-4)11-8-23-9-12-25(33)13-10-23/h8-15,20-21,26,33H,5-7,16-19,22H2,1-4H3. The van der Waals surface area contributed by atoms with Gasteiger partial charge in [0.2, 0.25) is 15.9 Å². The summed E-state index contributed by atoms with van der Waals surface area (Å²) < 4.78 is 43.7. The minimum absolute atomic E-state index is 0.0466. The van der Waals surface area contributed by atoms with E-state index in [1.807, 2.05) is 18.2 Å². The van der Waals surface area contributed by atoms with Crippen LogP contribution in [0.15, 0.2) is 42.5 Å². The van der Waals surface area contributed by atoms with Crippen LogP contribution in [0.2, 0.25) is 0 Å². The van der Waals surface area contributed by atoms with Crippen LogP contribution in [0.3, 0.4) is 0 Å². The number of phenolic OH excluding ortho intramolecular Hbond substituents is 1.